The third kappa shape index (κ3) is 4.74. The highest BCUT2D eigenvalue weighted by molar-refractivity contribution is 7.19. The zero-order chi connectivity index (χ0) is 31.1. The summed E-state index contributed by atoms with van der Waals surface area (Å²) in [5.74, 6) is -0.295. The average Bonchev–Trinajstić information content (AvgIpc) is 3.85. The normalized spacial score (nSPS) is 11.7. The average molecular weight is 637 g/mol. The number of thiophene rings is 1. The van der Waals surface area contributed by atoms with Crippen molar-refractivity contribution in [1.29, 1.82) is 0 Å². The van der Waals surface area contributed by atoms with Gasteiger partial charge >= 0.3 is 0 Å². The van der Waals surface area contributed by atoms with Gasteiger partial charge in [-0.2, -0.15) is 5.10 Å². The number of halogens is 2. The molecule has 4 aromatic carbocycles. The molecule has 0 amide bonds. The summed E-state index contributed by atoms with van der Waals surface area (Å²) in [6.45, 7) is 0. The summed E-state index contributed by atoms with van der Waals surface area (Å²) in [6.07, 6.45) is 6.08. The molecular formula is C39H26ClFN4S. The zero-order valence-corrected chi connectivity index (χ0v) is 26.0. The molecule has 0 aliphatic carbocycles. The second kappa shape index (κ2) is 11.6. The lowest BCUT2D eigenvalue weighted by molar-refractivity contribution is 0.461. The van der Waals surface area contributed by atoms with Crippen LogP contribution in [0.25, 0.3) is 38.6 Å². The van der Waals surface area contributed by atoms with Gasteiger partial charge in [-0.25, -0.2) is 9.37 Å². The van der Waals surface area contributed by atoms with Crippen molar-refractivity contribution in [3.8, 4) is 33.0 Å². The Morgan fingerprint density at radius 1 is 0.630 bits per heavy atom. The Labute approximate surface area is 274 Å². The van der Waals surface area contributed by atoms with Gasteiger partial charge in [-0.05, 0) is 65.2 Å². The van der Waals surface area contributed by atoms with Crippen molar-refractivity contribution in [3.63, 3.8) is 0 Å². The number of fused-ring (bicyclic) bond motifs is 1. The van der Waals surface area contributed by atoms with Crippen LogP contribution in [0.15, 0.2) is 158 Å². The molecule has 0 aliphatic rings. The molecule has 0 atom stereocenters. The largest absolute Gasteiger partial charge is 0.298 e. The molecule has 8 rings (SSSR count). The summed E-state index contributed by atoms with van der Waals surface area (Å²) in [5.41, 5.74) is 7.57. The third-order valence-electron chi connectivity index (χ3n) is 8.39. The van der Waals surface area contributed by atoms with Crippen molar-refractivity contribution in [2.75, 3.05) is 0 Å². The van der Waals surface area contributed by atoms with Crippen molar-refractivity contribution < 1.29 is 4.39 Å². The van der Waals surface area contributed by atoms with Crippen LogP contribution in [0.4, 0.5) is 4.39 Å². The minimum Gasteiger partial charge on any atom is -0.298 e. The van der Waals surface area contributed by atoms with E-state index in [1.807, 2.05) is 42.6 Å². The Hall–Kier alpha value is -5.30. The van der Waals surface area contributed by atoms with Gasteiger partial charge in [0.2, 0.25) is 0 Å². The highest BCUT2D eigenvalue weighted by atomic mass is 35.5. The molecule has 8 aromatic rings. The number of pyridine rings is 1. The molecule has 0 unspecified atom stereocenters. The molecule has 0 aliphatic heterocycles. The second-order valence-electron chi connectivity index (χ2n) is 11.0. The molecule has 0 saturated carbocycles. The van der Waals surface area contributed by atoms with E-state index in [0.717, 1.165) is 59.6 Å². The molecule has 7 heteroatoms. The van der Waals surface area contributed by atoms with Crippen LogP contribution >= 0.6 is 22.9 Å². The van der Waals surface area contributed by atoms with E-state index >= 15 is 0 Å². The number of nitrogens with zero attached hydrogens (tertiary/aromatic N) is 4. The van der Waals surface area contributed by atoms with Crippen molar-refractivity contribution in [3.05, 3.63) is 185 Å². The van der Waals surface area contributed by atoms with Gasteiger partial charge in [0.15, 0.2) is 0 Å². The van der Waals surface area contributed by atoms with Crippen LogP contribution in [0.2, 0.25) is 4.34 Å². The predicted molar refractivity (Wildman–Crippen MR) is 185 cm³/mol. The smallest absolute Gasteiger partial charge is 0.138 e. The highest BCUT2D eigenvalue weighted by Gasteiger charge is 2.40. The van der Waals surface area contributed by atoms with E-state index in [1.54, 1.807) is 12.1 Å². The van der Waals surface area contributed by atoms with E-state index in [0.29, 0.717) is 0 Å². The summed E-state index contributed by atoms with van der Waals surface area (Å²) in [7, 11) is 0. The summed E-state index contributed by atoms with van der Waals surface area (Å²) < 4.78 is 19.1. The van der Waals surface area contributed by atoms with Gasteiger partial charge in [-0.3, -0.25) is 9.08 Å². The fourth-order valence-corrected chi connectivity index (χ4v) is 7.34. The van der Waals surface area contributed by atoms with Gasteiger partial charge in [-0.15, -0.1) is 11.3 Å². The molecule has 0 radical (unpaired) electrons. The number of benzene rings is 4. The van der Waals surface area contributed by atoms with E-state index in [1.165, 1.54) is 23.5 Å². The van der Waals surface area contributed by atoms with Gasteiger partial charge in [0.05, 0.1) is 21.1 Å². The topological polar surface area (TPSA) is 35.1 Å². The Balaban J connectivity index is 1.43. The number of hydrogen-bond acceptors (Lipinski definition) is 3. The fourth-order valence-electron chi connectivity index (χ4n) is 6.29. The first-order chi connectivity index (χ1) is 22.6. The lowest BCUT2D eigenvalue weighted by Gasteiger charge is -2.36. The Bertz CT molecular complexity index is 2180. The van der Waals surface area contributed by atoms with E-state index in [-0.39, 0.29) is 5.82 Å². The van der Waals surface area contributed by atoms with Crippen LogP contribution in [0.1, 0.15) is 16.7 Å². The van der Waals surface area contributed by atoms with Gasteiger partial charge in [-0.1, -0.05) is 103 Å². The van der Waals surface area contributed by atoms with Gasteiger partial charge in [0.1, 0.15) is 22.7 Å². The first kappa shape index (κ1) is 28.2. The molecule has 0 N–H and O–H groups in total. The molecule has 0 bridgehead atoms. The summed E-state index contributed by atoms with van der Waals surface area (Å²) in [6, 6.07) is 45.9. The molecule has 4 aromatic heterocycles. The monoisotopic (exact) mass is 636 g/mol. The quantitative estimate of drug-likeness (QED) is 0.163. The lowest BCUT2D eigenvalue weighted by atomic mass is 9.77. The van der Waals surface area contributed by atoms with Crippen LogP contribution in [0.5, 0.6) is 0 Å². The Kier molecular flexibility index (Phi) is 7.09. The van der Waals surface area contributed by atoms with Gasteiger partial charge in [0, 0.05) is 29.1 Å². The number of imidazole rings is 1. The molecule has 4 nitrogen and oxygen atoms in total. The van der Waals surface area contributed by atoms with E-state index < -0.39 is 5.54 Å². The molecular weight excluding hydrogens is 611 g/mol. The van der Waals surface area contributed by atoms with Crippen molar-refractivity contribution in [1.82, 2.24) is 19.2 Å². The first-order valence-electron chi connectivity index (χ1n) is 14.9. The molecule has 0 saturated heterocycles. The maximum atomic E-state index is 14.2. The SMILES string of the molecule is Fc1ccc(-c2nn(C(c3ccccc3)(c3ccccc3)c3ccccc3)cc2-c2ccc3ncc(-c4ccc(Cl)s4)n3c2)cc1. The minimum atomic E-state index is -0.811. The summed E-state index contributed by atoms with van der Waals surface area (Å²) in [5, 5.41) is 5.39. The zero-order valence-electron chi connectivity index (χ0n) is 24.5. The summed E-state index contributed by atoms with van der Waals surface area (Å²) >= 11 is 7.82. The molecule has 0 spiro atoms. The van der Waals surface area contributed by atoms with E-state index in [9.17, 15) is 4.39 Å². The van der Waals surface area contributed by atoms with Crippen molar-refractivity contribution in [2.24, 2.45) is 0 Å². The molecule has 46 heavy (non-hydrogen) atoms. The number of hydrogen-bond donors (Lipinski definition) is 0. The lowest BCUT2D eigenvalue weighted by Crippen LogP contribution is -2.38. The number of aromatic nitrogens is 4. The van der Waals surface area contributed by atoms with Crippen LogP contribution in [0.3, 0.4) is 0 Å². The van der Waals surface area contributed by atoms with Crippen LogP contribution in [-0.2, 0) is 5.54 Å². The number of rotatable bonds is 7. The third-order valence-corrected chi connectivity index (χ3v) is 9.65. The fraction of sp³-hybridized carbons (Fsp3) is 0.0256. The van der Waals surface area contributed by atoms with E-state index in [2.05, 4.69) is 105 Å². The molecule has 0 fully saturated rings. The maximum Gasteiger partial charge on any atom is 0.138 e. The molecule has 4 heterocycles. The predicted octanol–water partition coefficient (Wildman–Crippen LogP) is 10.2. The Morgan fingerprint density at radius 2 is 1.22 bits per heavy atom. The van der Waals surface area contributed by atoms with Crippen LogP contribution in [-0.4, -0.2) is 19.2 Å². The first-order valence-corrected chi connectivity index (χ1v) is 16.1. The summed E-state index contributed by atoms with van der Waals surface area (Å²) in [4.78, 5) is 5.68. The van der Waals surface area contributed by atoms with Crippen molar-refractivity contribution in [2.45, 2.75) is 5.54 Å². The standard InChI is InChI=1S/C39H26ClFN4S/c40-36-22-21-35(46-36)34-24-42-37-23-18-28(25-44(34)37)33-26-45(43-38(33)27-16-19-32(41)20-17-27)39(29-10-4-1-5-11-29,30-12-6-2-7-13-30)31-14-8-3-9-15-31/h1-26H. The van der Waals surface area contributed by atoms with Gasteiger partial charge in [0.25, 0.3) is 0 Å². The van der Waals surface area contributed by atoms with Crippen LogP contribution < -0.4 is 0 Å². The Morgan fingerprint density at radius 3 is 1.78 bits per heavy atom. The maximum absolute atomic E-state index is 14.2. The highest BCUT2D eigenvalue weighted by Crippen LogP contribution is 2.43. The van der Waals surface area contributed by atoms with Gasteiger partial charge < -0.3 is 0 Å². The van der Waals surface area contributed by atoms with Crippen LogP contribution in [0, 0.1) is 5.82 Å². The van der Waals surface area contributed by atoms with Crippen molar-refractivity contribution >= 4 is 28.6 Å². The second-order valence-corrected chi connectivity index (χ2v) is 12.8. The minimum absolute atomic E-state index is 0.295. The van der Waals surface area contributed by atoms with E-state index in [4.69, 9.17) is 16.7 Å². The molecule has 222 valence electrons.